The van der Waals surface area contributed by atoms with E-state index in [1.54, 1.807) is 0 Å². The molecule has 1 fully saturated rings. The summed E-state index contributed by atoms with van der Waals surface area (Å²) in [5, 5.41) is 5.58. The molecule has 1 aliphatic heterocycles. The van der Waals surface area contributed by atoms with E-state index in [4.69, 9.17) is 4.74 Å². The Kier molecular flexibility index (Phi) is 5.13. The van der Waals surface area contributed by atoms with E-state index in [0.29, 0.717) is 5.75 Å². The van der Waals surface area contributed by atoms with E-state index in [0.717, 1.165) is 49.7 Å². The van der Waals surface area contributed by atoms with E-state index < -0.39 is 0 Å². The van der Waals surface area contributed by atoms with Gasteiger partial charge in [-0.2, -0.15) is 0 Å². The van der Waals surface area contributed by atoms with Crippen LogP contribution in [0, 0.1) is 0 Å². The maximum Gasteiger partial charge on any atom is 0.415 e. The zero-order chi connectivity index (χ0) is 16.1. The van der Waals surface area contributed by atoms with E-state index in [2.05, 4.69) is 18.3 Å². The second-order valence-corrected chi connectivity index (χ2v) is 6.05. The summed E-state index contributed by atoms with van der Waals surface area (Å²) >= 11 is 0. The molecule has 0 atom stereocenters. The number of nitrogens with zero attached hydrogens (tertiary/aromatic N) is 1. The Hall–Kier alpha value is -2.07. The number of amides is 1. The van der Waals surface area contributed by atoms with Gasteiger partial charge in [0.25, 0.3) is 0 Å². The van der Waals surface area contributed by atoms with E-state index in [1.807, 2.05) is 41.3 Å². The van der Waals surface area contributed by atoms with Crippen molar-refractivity contribution in [3.8, 4) is 5.75 Å². The van der Waals surface area contributed by atoms with Crippen molar-refractivity contribution in [2.45, 2.75) is 32.2 Å². The Balaban J connectivity index is 1.73. The van der Waals surface area contributed by atoms with E-state index >= 15 is 0 Å². The van der Waals surface area contributed by atoms with Gasteiger partial charge in [0, 0.05) is 12.6 Å². The van der Waals surface area contributed by atoms with Crippen LogP contribution in [-0.2, 0) is 0 Å². The highest BCUT2D eigenvalue weighted by molar-refractivity contribution is 5.84. The standard InChI is InChI=1S/C19H24N2O2/c1-2-13-21(17-9-11-20-12-10-17)19(22)23-18-8-7-15-5-3-4-6-16(15)14-18/h3-8,14,17,20H,2,9-13H2,1H3. The number of piperidine rings is 1. The highest BCUT2D eigenvalue weighted by Gasteiger charge is 2.26. The molecular formula is C19H24N2O2. The minimum Gasteiger partial charge on any atom is -0.410 e. The minimum atomic E-state index is -0.228. The van der Waals surface area contributed by atoms with Crippen LogP contribution in [0.25, 0.3) is 10.8 Å². The smallest absolute Gasteiger partial charge is 0.410 e. The third-order valence-corrected chi connectivity index (χ3v) is 4.37. The van der Waals surface area contributed by atoms with Gasteiger partial charge in [0.05, 0.1) is 0 Å². The summed E-state index contributed by atoms with van der Waals surface area (Å²) in [4.78, 5) is 14.5. The first kappa shape index (κ1) is 15.8. The third kappa shape index (κ3) is 3.82. The lowest BCUT2D eigenvalue weighted by Crippen LogP contribution is -2.47. The first-order valence-electron chi connectivity index (χ1n) is 8.46. The zero-order valence-electron chi connectivity index (χ0n) is 13.6. The van der Waals surface area contributed by atoms with Gasteiger partial charge in [-0.25, -0.2) is 4.79 Å². The summed E-state index contributed by atoms with van der Waals surface area (Å²) in [6.45, 7) is 4.77. The number of carbonyl (C=O) groups is 1. The Morgan fingerprint density at radius 2 is 1.91 bits per heavy atom. The molecule has 122 valence electrons. The van der Waals surface area contributed by atoms with Crippen molar-refractivity contribution < 1.29 is 9.53 Å². The molecule has 0 bridgehead atoms. The Bertz CT molecular complexity index is 665. The first-order chi connectivity index (χ1) is 11.3. The van der Waals surface area contributed by atoms with Crippen molar-refractivity contribution in [2.75, 3.05) is 19.6 Å². The van der Waals surface area contributed by atoms with Gasteiger partial charge in [-0.3, -0.25) is 0 Å². The van der Waals surface area contributed by atoms with Crippen molar-refractivity contribution in [3.63, 3.8) is 0 Å². The van der Waals surface area contributed by atoms with Gasteiger partial charge < -0.3 is 15.0 Å². The molecule has 1 aliphatic rings. The van der Waals surface area contributed by atoms with E-state index in [9.17, 15) is 4.79 Å². The maximum absolute atomic E-state index is 12.6. The predicted molar refractivity (Wildman–Crippen MR) is 92.9 cm³/mol. The summed E-state index contributed by atoms with van der Waals surface area (Å²) in [6, 6.07) is 14.2. The highest BCUT2D eigenvalue weighted by Crippen LogP contribution is 2.22. The molecule has 0 aliphatic carbocycles. The summed E-state index contributed by atoms with van der Waals surface area (Å²) in [6.07, 6.45) is 2.70. The lowest BCUT2D eigenvalue weighted by molar-refractivity contribution is 0.120. The van der Waals surface area contributed by atoms with Crippen LogP contribution in [0.1, 0.15) is 26.2 Å². The molecule has 0 aromatic heterocycles. The summed E-state index contributed by atoms with van der Waals surface area (Å²) < 4.78 is 5.66. The zero-order valence-corrected chi connectivity index (χ0v) is 13.6. The molecule has 4 nitrogen and oxygen atoms in total. The molecular weight excluding hydrogens is 288 g/mol. The average molecular weight is 312 g/mol. The maximum atomic E-state index is 12.6. The van der Waals surface area contributed by atoms with Gasteiger partial charge >= 0.3 is 6.09 Å². The molecule has 1 amide bonds. The van der Waals surface area contributed by atoms with Gasteiger partial charge in [-0.05, 0) is 55.3 Å². The Morgan fingerprint density at radius 1 is 1.17 bits per heavy atom. The Labute approximate surface area is 137 Å². The lowest BCUT2D eigenvalue weighted by Gasteiger charge is -2.33. The number of ether oxygens (including phenoxy) is 1. The van der Waals surface area contributed by atoms with Gasteiger partial charge in [-0.15, -0.1) is 0 Å². The molecule has 4 heteroatoms. The number of nitrogens with one attached hydrogen (secondary N) is 1. The molecule has 3 rings (SSSR count). The SMILES string of the molecule is CCCN(C(=O)Oc1ccc2ccccc2c1)C1CCNCC1. The van der Waals surface area contributed by atoms with Crippen molar-refractivity contribution in [2.24, 2.45) is 0 Å². The van der Waals surface area contributed by atoms with E-state index in [1.165, 1.54) is 0 Å². The molecule has 2 aromatic rings. The lowest BCUT2D eigenvalue weighted by atomic mass is 10.1. The van der Waals surface area contributed by atoms with Gasteiger partial charge in [0.1, 0.15) is 5.75 Å². The second-order valence-electron chi connectivity index (χ2n) is 6.05. The van der Waals surface area contributed by atoms with E-state index in [-0.39, 0.29) is 12.1 Å². The minimum absolute atomic E-state index is 0.228. The molecule has 0 unspecified atom stereocenters. The van der Waals surface area contributed by atoms with Crippen molar-refractivity contribution in [1.82, 2.24) is 10.2 Å². The topological polar surface area (TPSA) is 41.6 Å². The van der Waals surface area contributed by atoms with Crippen LogP contribution in [0.5, 0.6) is 5.75 Å². The fraction of sp³-hybridized carbons (Fsp3) is 0.421. The largest absolute Gasteiger partial charge is 0.415 e. The number of rotatable bonds is 4. The molecule has 1 heterocycles. The molecule has 1 N–H and O–H groups in total. The Morgan fingerprint density at radius 3 is 2.65 bits per heavy atom. The first-order valence-corrected chi connectivity index (χ1v) is 8.46. The fourth-order valence-electron chi connectivity index (χ4n) is 3.17. The number of fused-ring (bicyclic) bond motifs is 1. The van der Waals surface area contributed by atoms with Crippen LogP contribution in [0.3, 0.4) is 0 Å². The van der Waals surface area contributed by atoms with Crippen LogP contribution >= 0.6 is 0 Å². The van der Waals surface area contributed by atoms with Gasteiger partial charge in [0.2, 0.25) is 0 Å². The quantitative estimate of drug-likeness (QED) is 0.933. The van der Waals surface area contributed by atoms with Crippen LogP contribution < -0.4 is 10.1 Å². The highest BCUT2D eigenvalue weighted by atomic mass is 16.6. The molecule has 2 aromatic carbocycles. The number of hydrogen-bond donors (Lipinski definition) is 1. The molecule has 0 spiro atoms. The number of carbonyl (C=O) groups excluding carboxylic acids is 1. The molecule has 0 saturated carbocycles. The van der Waals surface area contributed by atoms with Gasteiger partial charge in [-0.1, -0.05) is 37.3 Å². The molecule has 23 heavy (non-hydrogen) atoms. The average Bonchev–Trinajstić information content (AvgIpc) is 2.60. The number of hydrogen-bond acceptors (Lipinski definition) is 3. The third-order valence-electron chi connectivity index (χ3n) is 4.37. The van der Waals surface area contributed by atoms with Gasteiger partial charge in [0.15, 0.2) is 0 Å². The monoisotopic (exact) mass is 312 g/mol. The van der Waals surface area contributed by atoms with Crippen LogP contribution in [0.2, 0.25) is 0 Å². The van der Waals surface area contributed by atoms with Crippen LogP contribution in [0.15, 0.2) is 42.5 Å². The summed E-state index contributed by atoms with van der Waals surface area (Å²) in [5.74, 6) is 0.615. The van der Waals surface area contributed by atoms with Crippen molar-refractivity contribution in [1.29, 1.82) is 0 Å². The predicted octanol–water partition coefficient (Wildman–Crippen LogP) is 3.80. The second kappa shape index (κ2) is 7.47. The fourth-order valence-corrected chi connectivity index (χ4v) is 3.17. The number of benzene rings is 2. The summed E-state index contributed by atoms with van der Waals surface area (Å²) in [7, 11) is 0. The normalized spacial score (nSPS) is 15.5. The molecule has 1 saturated heterocycles. The van der Waals surface area contributed by atoms with Crippen LogP contribution in [0.4, 0.5) is 4.79 Å². The summed E-state index contributed by atoms with van der Waals surface area (Å²) in [5.41, 5.74) is 0. The van der Waals surface area contributed by atoms with Crippen molar-refractivity contribution >= 4 is 16.9 Å². The van der Waals surface area contributed by atoms with Crippen molar-refractivity contribution in [3.05, 3.63) is 42.5 Å². The van der Waals surface area contributed by atoms with Crippen LogP contribution in [-0.4, -0.2) is 36.7 Å². The molecule has 0 radical (unpaired) electrons.